The lowest BCUT2D eigenvalue weighted by molar-refractivity contribution is -0.148. The molecule has 2 heterocycles. The first kappa shape index (κ1) is 16.0. The number of rotatable bonds is 4. The molecule has 7 nitrogen and oxygen atoms in total. The van der Waals surface area contributed by atoms with Crippen molar-refractivity contribution in [1.29, 1.82) is 0 Å². The first-order chi connectivity index (χ1) is 9.84. The van der Waals surface area contributed by atoms with E-state index in [4.69, 9.17) is 4.74 Å². The molecule has 120 valence electrons. The van der Waals surface area contributed by atoms with Gasteiger partial charge in [0.25, 0.3) is 0 Å². The molecular weight excluding hydrogens is 274 g/mol. The second kappa shape index (κ2) is 6.19. The van der Waals surface area contributed by atoms with Gasteiger partial charge in [0, 0.05) is 19.1 Å². The number of hydrogen-bond donors (Lipinski definition) is 2. The molecule has 2 N–H and O–H groups in total. The summed E-state index contributed by atoms with van der Waals surface area (Å²) in [5.74, 6) is -0.934. The maximum Gasteiger partial charge on any atom is 0.318 e. The molecule has 2 aliphatic rings. The van der Waals surface area contributed by atoms with E-state index in [2.05, 4.69) is 10.2 Å². The normalized spacial score (nSPS) is 32.7. The fourth-order valence-electron chi connectivity index (χ4n) is 3.03. The van der Waals surface area contributed by atoms with Crippen LogP contribution < -0.4 is 5.32 Å². The van der Waals surface area contributed by atoms with E-state index in [-0.39, 0.29) is 25.3 Å². The number of hydrogen-bond acceptors (Lipinski definition) is 4. The predicted octanol–water partition coefficient (Wildman–Crippen LogP) is 0.212. The molecular formula is C14H25N3O4. The zero-order valence-corrected chi connectivity index (χ0v) is 13.0. The van der Waals surface area contributed by atoms with Gasteiger partial charge in [0.05, 0.1) is 19.3 Å². The molecule has 0 saturated carbocycles. The number of nitrogens with one attached hydrogen (secondary N) is 1. The van der Waals surface area contributed by atoms with Crippen LogP contribution in [0.3, 0.4) is 0 Å². The number of likely N-dealkylation sites (tertiary alicyclic amines) is 1. The molecule has 0 aromatic rings. The van der Waals surface area contributed by atoms with Crippen molar-refractivity contribution in [3.8, 4) is 0 Å². The highest BCUT2D eigenvalue weighted by Crippen LogP contribution is 2.29. The van der Waals surface area contributed by atoms with E-state index in [1.54, 1.807) is 6.92 Å². The van der Waals surface area contributed by atoms with Crippen LogP contribution in [-0.4, -0.2) is 79.4 Å². The SMILES string of the molecule is CN(C)CC1CCCN1C(=O)NC1COCC1(C)C(=O)O. The van der Waals surface area contributed by atoms with Crippen molar-refractivity contribution >= 4 is 12.0 Å². The third kappa shape index (κ3) is 3.29. The lowest BCUT2D eigenvalue weighted by atomic mass is 9.85. The van der Waals surface area contributed by atoms with Gasteiger partial charge in [-0.1, -0.05) is 0 Å². The summed E-state index contributed by atoms with van der Waals surface area (Å²) < 4.78 is 5.27. The Morgan fingerprint density at radius 2 is 2.19 bits per heavy atom. The Hall–Kier alpha value is -1.34. The van der Waals surface area contributed by atoms with E-state index in [9.17, 15) is 14.7 Å². The van der Waals surface area contributed by atoms with E-state index in [1.165, 1.54) is 0 Å². The first-order valence-electron chi connectivity index (χ1n) is 7.37. The number of urea groups is 1. The third-order valence-corrected chi connectivity index (χ3v) is 4.46. The molecule has 2 saturated heterocycles. The van der Waals surface area contributed by atoms with Crippen LogP contribution in [0.4, 0.5) is 4.79 Å². The zero-order chi connectivity index (χ0) is 15.6. The van der Waals surface area contributed by atoms with Crippen molar-refractivity contribution in [2.24, 2.45) is 5.41 Å². The number of carbonyl (C=O) groups excluding carboxylic acids is 1. The van der Waals surface area contributed by atoms with E-state index in [1.807, 2.05) is 19.0 Å². The maximum absolute atomic E-state index is 12.5. The van der Waals surface area contributed by atoms with Crippen molar-refractivity contribution in [1.82, 2.24) is 15.1 Å². The van der Waals surface area contributed by atoms with Crippen LogP contribution in [0.15, 0.2) is 0 Å². The van der Waals surface area contributed by atoms with Crippen LogP contribution in [0.1, 0.15) is 19.8 Å². The van der Waals surface area contributed by atoms with Crippen molar-refractivity contribution in [2.75, 3.05) is 40.4 Å². The van der Waals surface area contributed by atoms with Crippen LogP contribution in [0.25, 0.3) is 0 Å². The first-order valence-corrected chi connectivity index (χ1v) is 7.37. The molecule has 0 bridgehead atoms. The van der Waals surface area contributed by atoms with Crippen LogP contribution in [0, 0.1) is 5.41 Å². The Kier molecular flexibility index (Phi) is 4.73. The number of carboxylic acids is 1. The number of carbonyl (C=O) groups is 2. The molecule has 2 aliphatic heterocycles. The summed E-state index contributed by atoms with van der Waals surface area (Å²) in [6.07, 6.45) is 1.98. The number of carboxylic acid groups (broad SMARTS) is 1. The third-order valence-electron chi connectivity index (χ3n) is 4.46. The number of aliphatic carboxylic acids is 1. The fraction of sp³-hybridized carbons (Fsp3) is 0.857. The number of likely N-dealkylation sites (N-methyl/N-ethyl adjacent to an activating group) is 1. The van der Waals surface area contributed by atoms with Gasteiger partial charge in [0.1, 0.15) is 5.41 Å². The summed E-state index contributed by atoms with van der Waals surface area (Å²) in [5.41, 5.74) is -1.05. The van der Waals surface area contributed by atoms with Crippen LogP contribution in [0.2, 0.25) is 0 Å². The highest BCUT2D eigenvalue weighted by Gasteiger charge is 2.48. The van der Waals surface area contributed by atoms with Gasteiger partial charge in [0.2, 0.25) is 0 Å². The molecule has 0 radical (unpaired) electrons. The highest BCUT2D eigenvalue weighted by atomic mass is 16.5. The van der Waals surface area contributed by atoms with Gasteiger partial charge in [-0.2, -0.15) is 0 Å². The highest BCUT2D eigenvalue weighted by molar-refractivity contribution is 5.79. The van der Waals surface area contributed by atoms with Gasteiger partial charge >= 0.3 is 12.0 Å². The molecule has 0 spiro atoms. The van der Waals surface area contributed by atoms with E-state index >= 15 is 0 Å². The Morgan fingerprint density at radius 1 is 1.48 bits per heavy atom. The standard InChI is InChI=1S/C14H25N3O4/c1-14(12(18)19)9-21-8-11(14)15-13(20)17-6-4-5-10(17)7-16(2)3/h10-11H,4-9H2,1-3H3,(H,15,20)(H,18,19). The van der Waals surface area contributed by atoms with Crippen molar-refractivity contribution < 1.29 is 19.4 Å². The quantitative estimate of drug-likeness (QED) is 0.775. The molecule has 0 aromatic carbocycles. The summed E-state index contributed by atoms with van der Waals surface area (Å²) in [5, 5.41) is 12.2. The average molecular weight is 299 g/mol. The van der Waals surface area contributed by atoms with Gasteiger partial charge in [0.15, 0.2) is 0 Å². The molecule has 2 fully saturated rings. The molecule has 0 aliphatic carbocycles. The molecule has 7 heteroatoms. The monoisotopic (exact) mass is 299 g/mol. The van der Waals surface area contributed by atoms with E-state index < -0.39 is 17.4 Å². The zero-order valence-electron chi connectivity index (χ0n) is 13.0. The van der Waals surface area contributed by atoms with Gasteiger partial charge in [-0.15, -0.1) is 0 Å². The van der Waals surface area contributed by atoms with Crippen LogP contribution in [-0.2, 0) is 9.53 Å². The second-order valence-electron chi connectivity index (χ2n) is 6.49. The lowest BCUT2D eigenvalue weighted by Gasteiger charge is -2.31. The van der Waals surface area contributed by atoms with E-state index in [0.717, 1.165) is 25.9 Å². The van der Waals surface area contributed by atoms with Crippen molar-refractivity contribution in [2.45, 2.75) is 31.8 Å². The summed E-state index contributed by atoms with van der Waals surface area (Å²) in [6.45, 7) is 3.55. The van der Waals surface area contributed by atoms with Gasteiger partial charge in [-0.05, 0) is 33.9 Å². The Labute approximate surface area is 125 Å². The molecule has 2 amide bonds. The molecule has 2 rings (SSSR count). The molecule has 21 heavy (non-hydrogen) atoms. The Balaban J connectivity index is 1.99. The minimum atomic E-state index is -1.05. The number of nitrogens with zero attached hydrogens (tertiary/aromatic N) is 2. The van der Waals surface area contributed by atoms with Crippen molar-refractivity contribution in [3.63, 3.8) is 0 Å². The van der Waals surface area contributed by atoms with Crippen molar-refractivity contribution in [3.05, 3.63) is 0 Å². The van der Waals surface area contributed by atoms with Gasteiger partial charge in [-0.25, -0.2) is 4.79 Å². The molecule has 3 unspecified atom stereocenters. The molecule has 0 aromatic heterocycles. The Bertz CT molecular complexity index is 415. The number of ether oxygens (including phenoxy) is 1. The minimum absolute atomic E-state index is 0.133. The lowest BCUT2D eigenvalue weighted by Crippen LogP contribution is -2.55. The minimum Gasteiger partial charge on any atom is -0.481 e. The fourth-order valence-corrected chi connectivity index (χ4v) is 3.03. The van der Waals surface area contributed by atoms with Crippen LogP contribution >= 0.6 is 0 Å². The summed E-state index contributed by atoms with van der Waals surface area (Å²) in [4.78, 5) is 27.7. The predicted molar refractivity (Wildman–Crippen MR) is 77.2 cm³/mol. The maximum atomic E-state index is 12.5. The number of amides is 2. The summed E-state index contributed by atoms with van der Waals surface area (Å²) in [7, 11) is 3.97. The van der Waals surface area contributed by atoms with E-state index in [0.29, 0.717) is 0 Å². The summed E-state index contributed by atoms with van der Waals surface area (Å²) >= 11 is 0. The topological polar surface area (TPSA) is 82.1 Å². The van der Waals surface area contributed by atoms with Crippen LogP contribution in [0.5, 0.6) is 0 Å². The average Bonchev–Trinajstić information content (AvgIpc) is 2.97. The second-order valence-corrected chi connectivity index (χ2v) is 6.49. The Morgan fingerprint density at radius 3 is 2.81 bits per heavy atom. The largest absolute Gasteiger partial charge is 0.481 e. The summed E-state index contributed by atoms with van der Waals surface area (Å²) in [6, 6.07) is -0.469. The van der Waals surface area contributed by atoms with Gasteiger partial charge < -0.3 is 25.0 Å². The molecule has 3 atom stereocenters. The van der Waals surface area contributed by atoms with Gasteiger partial charge in [-0.3, -0.25) is 4.79 Å². The smallest absolute Gasteiger partial charge is 0.318 e.